The lowest BCUT2D eigenvalue weighted by Gasteiger charge is -2.37. The zero-order valence-electron chi connectivity index (χ0n) is 17.5. The van der Waals surface area contributed by atoms with Crippen molar-refractivity contribution in [1.29, 1.82) is 0 Å². The Balaban J connectivity index is 2.17. The van der Waals surface area contributed by atoms with Gasteiger partial charge in [0.1, 0.15) is 6.04 Å². The molecule has 1 aromatic rings. The quantitative estimate of drug-likeness (QED) is 0.782. The first-order valence-corrected chi connectivity index (χ1v) is 10.3. The van der Waals surface area contributed by atoms with Gasteiger partial charge in [0.15, 0.2) is 0 Å². The van der Waals surface area contributed by atoms with Crippen molar-refractivity contribution in [3.63, 3.8) is 0 Å². The molecule has 1 heterocycles. The summed E-state index contributed by atoms with van der Waals surface area (Å²) in [4.78, 5) is 41.5. The SMILES string of the molecule is CCC(=O)N1CCC([C@@H](NC(=O)c2cccc(C)c2)C(=O)N(CC)CC)CC1. The molecule has 6 heteroatoms. The van der Waals surface area contributed by atoms with Gasteiger partial charge < -0.3 is 15.1 Å². The Morgan fingerprint density at radius 1 is 1.14 bits per heavy atom. The summed E-state index contributed by atoms with van der Waals surface area (Å²) in [5, 5.41) is 3.00. The molecular formula is C22H33N3O3. The summed E-state index contributed by atoms with van der Waals surface area (Å²) in [6, 6.07) is 6.82. The first-order chi connectivity index (χ1) is 13.4. The van der Waals surface area contributed by atoms with E-state index in [9.17, 15) is 14.4 Å². The number of likely N-dealkylation sites (tertiary alicyclic amines) is 1. The molecule has 0 aromatic heterocycles. The van der Waals surface area contributed by atoms with Crippen molar-refractivity contribution in [2.45, 2.75) is 53.0 Å². The second-order valence-corrected chi connectivity index (χ2v) is 7.40. The molecule has 0 spiro atoms. The van der Waals surface area contributed by atoms with Gasteiger partial charge in [-0.05, 0) is 51.7 Å². The largest absolute Gasteiger partial charge is 0.343 e. The van der Waals surface area contributed by atoms with Crippen molar-refractivity contribution >= 4 is 17.7 Å². The molecule has 3 amide bonds. The fourth-order valence-corrected chi connectivity index (χ4v) is 3.83. The third-order valence-electron chi connectivity index (χ3n) is 5.57. The van der Waals surface area contributed by atoms with Gasteiger partial charge in [-0.3, -0.25) is 14.4 Å². The summed E-state index contributed by atoms with van der Waals surface area (Å²) in [7, 11) is 0. The van der Waals surface area contributed by atoms with Crippen molar-refractivity contribution in [3.05, 3.63) is 35.4 Å². The third-order valence-corrected chi connectivity index (χ3v) is 5.57. The predicted molar refractivity (Wildman–Crippen MR) is 110 cm³/mol. The predicted octanol–water partition coefficient (Wildman–Crippen LogP) is 2.61. The van der Waals surface area contributed by atoms with Crippen LogP contribution in [0.4, 0.5) is 0 Å². The lowest BCUT2D eigenvalue weighted by molar-refractivity contribution is -0.135. The Hall–Kier alpha value is -2.37. The average molecular weight is 388 g/mol. The van der Waals surface area contributed by atoms with Crippen LogP contribution >= 0.6 is 0 Å². The van der Waals surface area contributed by atoms with Gasteiger partial charge >= 0.3 is 0 Å². The van der Waals surface area contributed by atoms with Gasteiger partial charge in [0.25, 0.3) is 5.91 Å². The highest BCUT2D eigenvalue weighted by Gasteiger charge is 2.35. The van der Waals surface area contributed by atoms with Gasteiger partial charge in [-0.25, -0.2) is 0 Å². The Kier molecular flexibility index (Phi) is 8.03. The van der Waals surface area contributed by atoms with Crippen LogP contribution in [0.25, 0.3) is 0 Å². The normalized spacial score (nSPS) is 15.8. The average Bonchev–Trinajstić information content (AvgIpc) is 2.72. The summed E-state index contributed by atoms with van der Waals surface area (Å²) in [6.45, 7) is 10.2. The molecule has 154 valence electrons. The summed E-state index contributed by atoms with van der Waals surface area (Å²) < 4.78 is 0. The first-order valence-electron chi connectivity index (χ1n) is 10.3. The van der Waals surface area contributed by atoms with E-state index in [4.69, 9.17) is 0 Å². The molecule has 0 aliphatic carbocycles. The van der Waals surface area contributed by atoms with Crippen LogP contribution in [0.1, 0.15) is 56.0 Å². The maximum absolute atomic E-state index is 13.1. The smallest absolute Gasteiger partial charge is 0.251 e. The summed E-state index contributed by atoms with van der Waals surface area (Å²) >= 11 is 0. The van der Waals surface area contributed by atoms with E-state index in [1.807, 2.05) is 50.8 Å². The van der Waals surface area contributed by atoms with Crippen LogP contribution in [0, 0.1) is 12.8 Å². The van der Waals surface area contributed by atoms with E-state index in [1.165, 1.54) is 0 Å². The minimum Gasteiger partial charge on any atom is -0.343 e. The number of carbonyl (C=O) groups is 3. The number of likely N-dealkylation sites (N-methyl/N-ethyl adjacent to an activating group) is 1. The number of nitrogens with zero attached hydrogens (tertiary/aromatic N) is 2. The number of amides is 3. The minimum absolute atomic E-state index is 0.0303. The highest BCUT2D eigenvalue weighted by molar-refractivity contribution is 5.97. The number of aryl methyl sites for hydroxylation is 1. The number of piperidine rings is 1. The molecule has 6 nitrogen and oxygen atoms in total. The number of nitrogens with one attached hydrogen (secondary N) is 1. The molecule has 0 radical (unpaired) electrons. The number of hydrogen-bond acceptors (Lipinski definition) is 3. The van der Waals surface area contributed by atoms with E-state index in [-0.39, 0.29) is 23.6 Å². The van der Waals surface area contributed by atoms with Crippen LogP contribution in [0.5, 0.6) is 0 Å². The van der Waals surface area contributed by atoms with Crippen molar-refractivity contribution in [2.75, 3.05) is 26.2 Å². The number of hydrogen-bond donors (Lipinski definition) is 1. The van der Waals surface area contributed by atoms with Gasteiger partial charge in [0.05, 0.1) is 0 Å². The second-order valence-electron chi connectivity index (χ2n) is 7.40. The van der Waals surface area contributed by atoms with E-state index < -0.39 is 6.04 Å². The molecule has 2 rings (SSSR count). The highest BCUT2D eigenvalue weighted by atomic mass is 16.2. The molecule has 0 unspecified atom stereocenters. The Morgan fingerprint density at radius 2 is 1.79 bits per heavy atom. The van der Waals surface area contributed by atoms with E-state index >= 15 is 0 Å². The number of rotatable bonds is 7. The van der Waals surface area contributed by atoms with Crippen LogP contribution in [0.3, 0.4) is 0 Å². The third kappa shape index (κ3) is 5.33. The summed E-state index contributed by atoms with van der Waals surface area (Å²) in [6.07, 6.45) is 1.94. The van der Waals surface area contributed by atoms with E-state index in [2.05, 4.69) is 5.32 Å². The molecule has 1 aromatic carbocycles. The van der Waals surface area contributed by atoms with Gasteiger partial charge in [-0.2, -0.15) is 0 Å². The summed E-state index contributed by atoms with van der Waals surface area (Å²) in [5.74, 6) is -0.0795. The molecular weight excluding hydrogens is 354 g/mol. The molecule has 1 saturated heterocycles. The van der Waals surface area contributed by atoms with Crippen LogP contribution in [-0.4, -0.2) is 59.7 Å². The second kappa shape index (κ2) is 10.2. The lowest BCUT2D eigenvalue weighted by Crippen LogP contribution is -2.54. The van der Waals surface area contributed by atoms with Crippen LogP contribution in [-0.2, 0) is 9.59 Å². The van der Waals surface area contributed by atoms with E-state index in [0.717, 1.165) is 18.4 Å². The molecule has 1 atom stereocenters. The van der Waals surface area contributed by atoms with Crippen molar-refractivity contribution < 1.29 is 14.4 Å². The van der Waals surface area contributed by atoms with Crippen LogP contribution in [0.2, 0.25) is 0 Å². The molecule has 1 fully saturated rings. The molecule has 0 saturated carbocycles. The monoisotopic (exact) mass is 387 g/mol. The van der Waals surface area contributed by atoms with E-state index in [1.54, 1.807) is 11.0 Å². The Bertz CT molecular complexity index is 692. The molecule has 28 heavy (non-hydrogen) atoms. The maximum atomic E-state index is 13.1. The summed E-state index contributed by atoms with van der Waals surface area (Å²) in [5.41, 5.74) is 1.57. The molecule has 0 bridgehead atoms. The molecule has 1 aliphatic heterocycles. The van der Waals surface area contributed by atoms with Gasteiger partial charge in [0.2, 0.25) is 11.8 Å². The molecule has 1 N–H and O–H groups in total. The molecule has 1 aliphatic rings. The standard InChI is InChI=1S/C22H33N3O3/c1-5-19(26)25-13-11-17(12-14-25)20(22(28)24(6-2)7-3)23-21(27)18-10-8-9-16(4)15-18/h8-10,15,17,20H,5-7,11-14H2,1-4H3,(H,23,27)/t20-/m1/s1. The van der Waals surface area contributed by atoms with Crippen LogP contribution in [0.15, 0.2) is 24.3 Å². The van der Waals surface area contributed by atoms with Crippen molar-refractivity contribution in [1.82, 2.24) is 15.1 Å². The zero-order chi connectivity index (χ0) is 20.7. The minimum atomic E-state index is -0.563. The van der Waals surface area contributed by atoms with Crippen LogP contribution < -0.4 is 5.32 Å². The van der Waals surface area contributed by atoms with Crippen molar-refractivity contribution in [2.24, 2.45) is 5.92 Å². The zero-order valence-corrected chi connectivity index (χ0v) is 17.5. The number of carbonyl (C=O) groups excluding carboxylic acids is 3. The first kappa shape index (κ1) is 21.9. The highest BCUT2D eigenvalue weighted by Crippen LogP contribution is 2.23. The Labute approximate surface area is 168 Å². The van der Waals surface area contributed by atoms with Gasteiger partial charge in [-0.15, -0.1) is 0 Å². The number of benzene rings is 1. The van der Waals surface area contributed by atoms with Gasteiger partial charge in [0, 0.05) is 38.2 Å². The lowest BCUT2D eigenvalue weighted by atomic mass is 9.88. The van der Waals surface area contributed by atoms with E-state index in [0.29, 0.717) is 38.2 Å². The fraction of sp³-hybridized carbons (Fsp3) is 0.591. The Morgan fingerprint density at radius 3 is 2.32 bits per heavy atom. The van der Waals surface area contributed by atoms with Crippen molar-refractivity contribution in [3.8, 4) is 0 Å². The topological polar surface area (TPSA) is 69.7 Å². The van der Waals surface area contributed by atoms with Gasteiger partial charge in [-0.1, -0.05) is 24.6 Å². The maximum Gasteiger partial charge on any atom is 0.251 e. The fourth-order valence-electron chi connectivity index (χ4n) is 3.83.